The molecule has 1 aliphatic heterocycles. The van der Waals surface area contributed by atoms with Crippen molar-refractivity contribution in [2.45, 2.75) is 44.7 Å². The number of aromatic nitrogens is 1. The summed E-state index contributed by atoms with van der Waals surface area (Å²) in [5.74, 6) is 1.94. The third-order valence-corrected chi connectivity index (χ3v) is 4.79. The Hall–Kier alpha value is -1.82. The number of pyridine rings is 1. The van der Waals surface area contributed by atoms with Crippen molar-refractivity contribution in [1.29, 1.82) is 0 Å². The van der Waals surface area contributed by atoms with Crippen molar-refractivity contribution in [2.75, 3.05) is 38.3 Å². The van der Waals surface area contributed by atoms with Gasteiger partial charge in [0.15, 0.2) is 5.96 Å². The van der Waals surface area contributed by atoms with Crippen molar-refractivity contribution in [3.05, 3.63) is 23.9 Å². The molecule has 24 heavy (non-hydrogen) atoms. The van der Waals surface area contributed by atoms with Gasteiger partial charge in [0.05, 0.1) is 13.2 Å². The Morgan fingerprint density at radius 1 is 1.29 bits per heavy atom. The zero-order chi connectivity index (χ0) is 16.6. The summed E-state index contributed by atoms with van der Waals surface area (Å²) in [6.45, 7) is 4.08. The molecule has 2 N–H and O–H groups in total. The van der Waals surface area contributed by atoms with Gasteiger partial charge in [-0.15, -0.1) is 0 Å². The highest BCUT2D eigenvalue weighted by atomic mass is 16.5. The maximum atomic E-state index is 5.45. The fraction of sp³-hybridized carbons (Fsp3) is 0.667. The number of aliphatic imine (C=N–C) groups is 1. The van der Waals surface area contributed by atoms with Gasteiger partial charge < -0.3 is 20.3 Å². The molecule has 2 aliphatic rings. The molecular weight excluding hydrogens is 302 g/mol. The van der Waals surface area contributed by atoms with Crippen LogP contribution in [0.25, 0.3) is 0 Å². The summed E-state index contributed by atoms with van der Waals surface area (Å²) >= 11 is 0. The molecule has 0 spiro atoms. The minimum Gasteiger partial charge on any atom is -0.378 e. The largest absolute Gasteiger partial charge is 0.378 e. The van der Waals surface area contributed by atoms with E-state index in [4.69, 9.17) is 4.74 Å². The molecule has 6 nitrogen and oxygen atoms in total. The molecule has 0 radical (unpaired) electrons. The molecule has 1 aromatic heterocycles. The standard InChI is InChI=1S/C18H29N5O/c1-19-18(22-16-7-3-2-4-8-16)21-14-15-6-5-9-20-17(15)23-10-12-24-13-11-23/h5-6,9,16H,2-4,7-8,10-14H2,1H3,(H2,19,21,22). The zero-order valence-electron chi connectivity index (χ0n) is 14.6. The number of nitrogens with zero attached hydrogens (tertiary/aromatic N) is 3. The van der Waals surface area contributed by atoms with Crippen LogP contribution < -0.4 is 15.5 Å². The average molecular weight is 331 g/mol. The SMILES string of the molecule is CN=C(NCc1cccnc1N1CCOCC1)NC1CCCCC1. The molecule has 2 fully saturated rings. The van der Waals surface area contributed by atoms with E-state index in [0.717, 1.165) is 44.6 Å². The molecule has 1 saturated heterocycles. The third kappa shape index (κ3) is 4.60. The van der Waals surface area contributed by atoms with Gasteiger partial charge in [-0.25, -0.2) is 4.98 Å². The molecule has 3 rings (SSSR count). The summed E-state index contributed by atoms with van der Waals surface area (Å²) in [6, 6.07) is 4.69. The van der Waals surface area contributed by atoms with Crippen molar-refractivity contribution in [1.82, 2.24) is 15.6 Å². The van der Waals surface area contributed by atoms with E-state index in [1.165, 1.54) is 37.7 Å². The van der Waals surface area contributed by atoms with Crippen LogP contribution in [-0.4, -0.2) is 50.3 Å². The van der Waals surface area contributed by atoms with Gasteiger partial charge in [-0.3, -0.25) is 4.99 Å². The number of ether oxygens (including phenoxy) is 1. The Bertz CT molecular complexity index is 536. The summed E-state index contributed by atoms with van der Waals surface area (Å²) in [5.41, 5.74) is 1.20. The minimum absolute atomic E-state index is 0.553. The summed E-state index contributed by atoms with van der Waals surface area (Å²) in [4.78, 5) is 11.3. The van der Waals surface area contributed by atoms with Crippen molar-refractivity contribution < 1.29 is 4.74 Å². The van der Waals surface area contributed by atoms with Gasteiger partial charge in [-0.1, -0.05) is 25.3 Å². The lowest BCUT2D eigenvalue weighted by Gasteiger charge is -2.29. The molecule has 1 saturated carbocycles. The van der Waals surface area contributed by atoms with Crippen LogP contribution in [0.4, 0.5) is 5.82 Å². The third-order valence-electron chi connectivity index (χ3n) is 4.79. The topological polar surface area (TPSA) is 61.8 Å². The zero-order valence-corrected chi connectivity index (χ0v) is 14.6. The van der Waals surface area contributed by atoms with E-state index in [1.54, 1.807) is 0 Å². The van der Waals surface area contributed by atoms with Crippen LogP contribution in [0.15, 0.2) is 23.3 Å². The van der Waals surface area contributed by atoms with E-state index >= 15 is 0 Å². The maximum Gasteiger partial charge on any atom is 0.191 e. The molecular formula is C18H29N5O. The summed E-state index contributed by atoms with van der Waals surface area (Å²) < 4.78 is 5.45. The van der Waals surface area contributed by atoms with Crippen LogP contribution in [0.5, 0.6) is 0 Å². The Morgan fingerprint density at radius 3 is 2.83 bits per heavy atom. The van der Waals surface area contributed by atoms with Gasteiger partial charge >= 0.3 is 0 Å². The lowest BCUT2D eigenvalue weighted by atomic mass is 9.96. The fourth-order valence-corrected chi connectivity index (χ4v) is 3.44. The Balaban J connectivity index is 1.58. The van der Waals surface area contributed by atoms with Gasteiger partial charge in [0.2, 0.25) is 0 Å². The number of hydrogen-bond donors (Lipinski definition) is 2. The number of rotatable bonds is 4. The molecule has 0 unspecified atom stereocenters. The van der Waals surface area contributed by atoms with Gasteiger partial charge in [-0.05, 0) is 18.9 Å². The van der Waals surface area contributed by atoms with E-state index in [1.807, 2.05) is 19.3 Å². The van der Waals surface area contributed by atoms with Gasteiger partial charge in [0.1, 0.15) is 5.82 Å². The number of guanidine groups is 1. The number of nitrogens with one attached hydrogen (secondary N) is 2. The maximum absolute atomic E-state index is 5.45. The van der Waals surface area contributed by atoms with E-state index in [9.17, 15) is 0 Å². The second-order valence-electron chi connectivity index (χ2n) is 6.49. The van der Waals surface area contributed by atoms with E-state index in [-0.39, 0.29) is 0 Å². The Kier molecular flexibility index (Phi) is 6.29. The van der Waals surface area contributed by atoms with E-state index < -0.39 is 0 Å². The smallest absolute Gasteiger partial charge is 0.191 e. The summed E-state index contributed by atoms with van der Waals surface area (Å²) in [5, 5.41) is 7.01. The van der Waals surface area contributed by atoms with Gasteiger partial charge in [0, 0.05) is 44.5 Å². The first-order valence-electron chi connectivity index (χ1n) is 9.10. The van der Waals surface area contributed by atoms with Crippen LogP contribution >= 0.6 is 0 Å². The molecule has 132 valence electrons. The van der Waals surface area contributed by atoms with Crippen molar-refractivity contribution >= 4 is 11.8 Å². The predicted molar refractivity (Wildman–Crippen MR) is 97.5 cm³/mol. The monoisotopic (exact) mass is 331 g/mol. The molecule has 2 heterocycles. The molecule has 0 aromatic carbocycles. The number of morpholine rings is 1. The van der Waals surface area contributed by atoms with Crippen molar-refractivity contribution in [2.24, 2.45) is 4.99 Å². The molecule has 1 aromatic rings. The first kappa shape index (κ1) is 17.0. The molecule has 0 amide bonds. The van der Waals surface area contributed by atoms with Gasteiger partial charge in [0.25, 0.3) is 0 Å². The number of hydrogen-bond acceptors (Lipinski definition) is 4. The Labute approximate surface area is 144 Å². The quantitative estimate of drug-likeness (QED) is 0.652. The highest BCUT2D eigenvalue weighted by Gasteiger charge is 2.17. The van der Waals surface area contributed by atoms with E-state index in [0.29, 0.717) is 6.04 Å². The van der Waals surface area contributed by atoms with Crippen molar-refractivity contribution in [3.63, 3.8) is 0 Å². The highest BCUT2D eigenvalue weighted by Crippen LogP contribution is 2.19. The summed E-state index contributed by atoms with van der Waals surface area (Å²) in [6.07, 6.45) is 8.35. The Morgan fingerprint density at radius 2 is 2.08 bits per heavy atom. The lowest BCUT2D eigenvalue weighted by Crippen LogP contribution is -2.44. The highest BCUT2D eigenvalue weighted by molar-refractivity contribution is 5.80. The molecule has 1 aliphatic carbocycles. The van der Waals surface area contributed by atoms with Crippen LogP contribution in [0.3, 0.4) is 0 Å². The van der Waals surface area contributed by atoms with E-state index in [2.05, 4.69) is 31.6 Å². The summed E-state index contributed by atoms with van der Waals surface area (Å²) in [7, 11) is 1.84. The molecule has 0 bridgehead atoms. The normalized spacial score (nSPS) is 20.0. The lowest BCUT2D eigenvalue weighted by molar-refractivity contribution is 0.122. The first-order valence-corrected chi connectivity index (χ1v) is 9.10. The van der Waals surface area contributed by atoms with Crippen LogP contribution in [0.2, 0.25) is 0 Å². The molecule has 6 heteroatoms. The predicted octanol–water partition coefficient (Wildman–Crippen LogP) is 1.92. The molecule has 0 atom stereocenters. The number of anilines is 1. The van der Waals surface area contributed by atoms with Gasteiger partial charge in [-0.2, -0.15) is 0 Å². The average Bonchev–Trinajstić information content (AvgIpc) is 2.67. The first-order chi connectivity index (χ1) is 11.9. The minimum atomic E-state index is 0.553. The van der Waals surface area contributed by atoms with Crippen molar-refractivity contribution in [3.8, 4) is 0 Å². The second-order valence-corrected chi connectivity index (χ2v) is 6.49. The van der Waals surface area contributed by atoms with Crippen LogP contribution in [-0.2, 0) is 11.3 Å². The second kappa shape index (κ2) is 8.87. The van der Waals surface area contributed by atoms with Crippen LogP contribution in [0.1, 0.15) is 37.7 Å². The van der Waals surface area contributed by atoms with Crippen LogP contribution in [0, 0.1) is 0 Å². The fourth-order valence-electron chi connectivity index (χ4n) is 3.44.